The van der Waals surface area contributed by atoms with Crippen molar-refractivity contribution in [2.75, 3.05) is 0 Å². The molecular formula is C13H15N3O. The van der Waals surface area contributed by atoms with Gasteiger partial charge in [-0.2, -0.15) is 0 Å². The maximum atomic E-state index is 5.56. The second-order valence-electron chi connectivity index (χ2n) is 3.79. The lowest BCUT2D eigenvalue weighted by Crippen LogP contribution is -2.01. The van der Waals surface area contributed by atoms with Crippen molar-refractivity contribution in [1.29, 1.82) is 0 Å². The molecular weight excluding hydrogens is 214 g/mol. The summed E-state index contributed by atoms with van der Waals surface area (Å²) in [6.07, 6.45) is 3.48. The minimum absolute atomic E-state index is 0.440. The fourth-order valence-corrected chi connectivity index (χ4v) is 1.36. The summed E-state index contributed by atoms with van der Waals surface area (Å²) in [4.78, 5) is 8.41. The van der Waals surface area contributed by atoms with Crippen LogP contribution in [0.5, 0.6) is 5.75 Å². The third-order valence-corrected chi connectivity index (χ3v) is 2.39. The van der Waals surface area contributed by atoms with E-state index in [0.29, 0.717) is 13.2 Å². The SMILES string of the molecule is Cc1ccc(OCc2ccc(CN)cn2)cn1. The van der Waals surface area contributed by atoms with Gasteiger partial charge in [-0.25, -0.2) is 0 Å². The Kier molecular flexibility index (Phi) is 3.67. The molecule has 0 aromatic carbocycles. The summed E-state index contributed by atoms with van der Waals surface area (Å²) >= 11 is 0. The van der Waals surface area contributed by atoms with Gasteiger partial charge in [0.15, 0.2) is 0 Å². The molecule has 88 valence electrons. The zero-order valence-corrected chi connectivity index (χ0v) is 9.76. The predicted octanol–water partition coefficient (Wildman–Crippen LogP) is 1.82. The molecule has 2 heterocycles. The maximum absolute atomic E-state index is 5.56. The molecule has 0 amide bonds. The monoisotopic (exact) mass is 229 g/mol. The molecule has 2 aromatic heterocycles. The second-order valence-corrected chi connectivity index (χ2v) is 3.79. The highest BCUT2D eigenvalue weighted by Crippen LogP contribution is 2.10. The molecule has 0 aliphatic heterocycles. The lowest BCUT2D eigenvalue weighted by Gasteiger charge is -2.05. The van der Waals surface area contributed by atoms with Gasteiger partial charge in [0.2, 0.25) is 0 Å². The minimum atomic E-state index is 0.440. The predicted molar refractivity (Wildman–Crippen MR) is 65.4 cm³/mol. The standard InChI is InChI=1S/C13H15N3O/c1-10-2-5-13(8-15-10)17-9-12-4-3-11(6-14)7-16-12/h2-5,7-8H,6,9,14H2,1H3. The quantitative estimate of drug-likeness (QED) is 0.868. The molecule has 0 radical (unpaired) electrons. The summed E-state index contributed by atoms with van der Waals surface area (Å²) in [6, 6.07) is 7.69. The molecule has 17 heavy (non-hydrogen) atoms. The Labute approximate surface area is 100 Å². The third-order valence-electron chi connectivity index (χ3n) is 2.39. The highest BCUT2D eigenvalue weighted by molar-refractivity contribution is 5.20. The van der Waals surface area contributed by atoms with E-state index >= 15 is 0 Å². The van der Waals surface area contributed by atoms with Crippen LogP contribution in [-0.2, 0) is 13.2 Å². The van der Waals surface area contributed by atoms with Crippen molar-refractivity contribution in [2.24, 2.45) is 5.73 Å². The number of pyridine rings is 2. The van der Waals surface area contributed by atoms with Crippen molar-refractivity contribution in [1.82, 2.24) is 9.97 Å². The second kappa shape index (κ2) is 5.41. The summed E-state index contributed by atoms with van der Waals surface area (Å²) < 4.78 is 5.56. The van der Waals surface area contributed by atoms with Crippen molar-refractivity contribution in [3.63, 3.8) is 0 Å². The molecule has 0 bridgehead atoms. The Morgan fingerprint density at radius 3 is 2.59 bits per heavy atom. The third kappa shape index (κ3) is 3.26. The topological polar surface area (TPSA) is 61.0 Å². The summed E-state index contributed by atoms with van der Waals surface area (Å²) in [5.41, 5.74) is 8.37. The van der Waals surface area contributed by atoms with Crippen LogP contribution in [-0.4, -0.2) is 9.97 Å². The summed E-state index contributed by atoms with van der Waals surface area (Å²) in [6.45, 7) is 2.89. The van der Waals surface area contributed by atoms with Crippen LogP contribution in [0.3, 0.4) is 0 Å². The molecule has 0 saturated heterocycles. The number of nitrogens with zero attached hydrogens (tertiary/aromatic N) is 2. The molecule has 0 fully saturated rings. The van der Waals surface area contributed by atoms with Crippen LogP contribution in [0.4, 0.5) is 0 Å². The van der Waals surface area contributed by atoms with Crippen LogP contribution < -0.4 is 10.5 Å². The van der Waals surface area contributed by atoms with Crippen LogP contribution in [0.1, 0.15) is 17.0 Å². The van der Waals surface area contributed by atoms with Crippen LogP contribution in [0.2, 0.25) is 0 Å². The first kappa shape index (κ1) is 11.5. The van der Waals surface area contributed by atoms with Gasteiger partial charge in [-0.05, 0) is 30.7 Å². The van der Waals surface area contributed by atoms with Crippen LogP contribution in [0.15, 0.2) is 36.7 Å². The van der Waals surface area contributed by atoms with Gasteiger partial charge in [-0.15, -0.1) is 0 Å². The van der Waals surface area contributed by atoms with Crippen LogP contribution >= 0.6 is 0 Å². The first-order valence-corrected chi connectivity index (χ1v) is 5.47. The molecule has 4 nitrogen and oxygen atoms in total. The van der Waals surface area contributed by atoms with E-state index in [-0.39, 0.29) is 0 Å². The minimum Gasteiger partial charge on any atom is -0.486 e. The van der Waals surface area contributed by atoms with Crippen molar-refractivity contribution in [3.05, 3.63) is 53.6 Å². The molecule has 2 aromatic rings. The fourth-order valence-electron chi connectivity index (χ4n) is 1.36. The van der Waals surface area contributed by atoms with E-state index in [2.05, 4.69) is 9.97 Å². The molecule has 2 N–H and O–H groups in total. The molecule has 0 atom stereocenters. The van der Waals surface area contributed by atoms with Gasteiger partial charge >= 0.3 is 0 Å². The van der Waals surface area contributed by atoms with Crippen LogP contribution in [0.25, 0.3) is 0 Å². The molecule has 0 aliphatic carbocycles. The molecule has 4 heteroatoms. The number of hydrogen-bond acceptors (Lipinski definition) is 4. The average molecular weight is 229 g/mol. The summed E-state index contributed by atoms with van der Waals surface area (Å²) in [5, 5.41) is 0. The molecule has 0 unspecified atom stereocenters. The first-order chi connectivity index (χ1) is 8.28. The van der Waals surface area contributed by atoms with Crippen molar-refractivity contribution in [3.8, 4) is 5.75 Å². The maximum Gasteiger partial charge on any atom is 0.138 e. The molecule has 0 saturated carbocycles. The van der Waals surface area contributed by atoms with E-state index in [0.717, 1.165) is 22.7 Å². The highest BCUT2D eigenvalue weighted by Gasteiger charge is 1.98. The van der Waals surface area contributed by atoms with E-state index in [1.54, 1.807) is 12.4 Å². The number of ether oxygens (including phenoxy) is 1. The average Bonchev–Trinajstić information content (AvgIpc) is 2.39. The number of hydrogen-bond donors (Lipinski definition) is 1. The Bertz CT molecular complexity index is 465. The Morgan fingerprint density at radius 2 is 2.00 bits per heavy atom. The van der Waals surface area contributed by atoms with Gasteiger partial charge in [-0.1, -0.05) is 6.07 Å². The smallest absolute Gasteiger partial charge is 0.138 e. The zero-order chi connectivity index (χ0) is 12.1. The summed E-state index contributed by atoms with van der Waals surface area (Å²) in [5.74, 6) is 0.750. The number of rotatable bonds is 4. The Morgan fingerprint density at radius 1 is 1.12 bits per heavy atom. The molecule has 0 aliphatic rings. The van der Waals surface area contributed by atoms with E-state index in [9.17, 15) is 0 Å². The Hall–Kier alpha value is -1.94. The van der Waals surface area contributed by atoms with E-state index in [4.69, 9.17) is 10.5 Å². The first-order valence-electron chi connectivity index (χ1n) is 5.47. The lowest BCUT2D eigenvalue weighted by molar-refractivity contribution is 0.300. The van der Waals surface area contributed by atoms with E-state index in [1.807, 2.05) is 31.2 Å². The van der Waals surface area contributed by atoms with Crippen molar-refractivity contribution in [2.45, 2.75) is 20.1 Å². The van der Waals surface area contributed by atoms with Gasteiger partial charge in [0.25, 0.3) is 0 Å². The number of aryl methyl sites for hydroxylation is 1. The zero-order valence-electron chi connectivity index (χ0n) is 9.76. The molecule has 2 rings (SSSR count). The largest absolute Gasteiger partial charge is 0.486 e. The highest BCUT2D eigenvalue weighted by atomic mass is 16.5. The Balaban J connectivity index is 1.95. The normalized spacial score (nSPS) is 10.2. The summed E-state index contributed by atoms with van der Waals surface area (Å²) in [7, 11) is 0. The van der Waals surface area contributed by atoms with Gasteiger partial charge in [0.1, 0.15) is 12.4 Å². The fraction of sp³-hybridized carbons (Fsp3) is 0.231. The lowest BCUT2D eigenvalue weighted by atomic mass is 10.2. The van der Waals surface area contributed by atoms with E-state index in [1.165, 1.54) is 0 Å². The number of nitrogens with two attached hydrogens (primary N) is 1. The van der Waals surface area contributed by atoms with Gasteiger partial charge in [0.05, 0.1) is 11.9 Å². The van der Waals surface area contributed by atoms with Gasteiger partial charge < -0.3 is 10.5 Å². The van der Waals surface area contributed by atoms with Gasteiger partial charge in [-0.3, -0.25) is 9.97 Å². The number of aromatic nitrogens is 2. The molecule has 0 spiro atoms. The van der Waals surface area contributed by atoms with Gasteiger partial charge in [0, 0.05) is 18.4 Å². The van der Waals surface area contributed by atoms with Crippen molar-refractivity contribution < 1.29 is 4.74 Å². The van der Waals surface area contributed by atoms with Crippen LogP contribution in [0, 0.1) is 6.92 Å². The van der Waals surface area contributed by atoms with E-state index < -0.39 is 0 Å². The van der Waals surface area contributed by atoms with Crippen molar-refractivity contribution >= 4 is 0 Å².